The van der Waals surface area contributed by atoms with Crippen molar-refractivity contribution in [2.24, 2.45) is 5.92 Å². The largest absolute Gasteiger partial charge is 0.460 e. The average molecular weight is 458 g/mol. The van der Waals surface area contributed by atoms with Crippen molar-refractivity contribution in [2.45, 2.75) is 62.8 Å². The lowest BCUT2D eigenvalue weighted by molar-refractivity contribution is -0.155. The Morgan fingerprint density at radius 2 is 1.53 bits per heavy atom. The van der Waals surface area contributed by atoms with Crippen LogP contribution in [-0.2, 0) is 19.4 Å². The van der Waals surface area contributed by atoms with Crippen LogP contribution in [0.15, 0.2) is 77.7 Å². The van der Waals surface area contributed by atoms with E-state index in [1.807, 2.05) is 37.3 Å². The minimum absolute atomic E-state index is 0.0126. The second-order valence-electron chi connectivity index (χ2n) is 9.22. The minimum Gasteiger partial charge on any atom is -0.460 e. The molecule has 0 radical (unpaired) electrons. The fourth-order valence-electron chi connectivity index (χ4n) is 3.68. The number of sulfone groups is 1. The maximum Gasteiger partial charge on any atom is 0.306 e. The molecule has 1 N–H and O–H groups in total. The number of benzene rings is 2. The molecule has 0 amide bonds. The van der Waals surface area contributed by atoms with E-state index in [4.69, 9.17) is 4.74 Å². The van der Waals surface area contributed by atoms with Crippen molar-refractivity contribution in [3.05, 3.63) is 78.4 Å². The van der Waals surface area contributed by atoms with E-state index in [2.05, 4.69) is 11.9 Å². The summed E-state index contributed by atoms with van der Waals surface area (Å²) in [6.07, 6.45) is -0.0126. The van der Waals surface area contributed by atoms with Gasteiger partial charge in [-0.2, -0.15) is 0 Å². The van der Waals surface area contributed by atoms with Gasteiger partial charge in [0.2, 0.25) is 0 Å². The smallest absolute Gasteiger partial charge is 0.306 e. The normalized spacial score (nSPS) is 14.9. The first kappa shape index (κ1) is 25.8. The van der Waals surface area contributed by atoms with Crippen molar-refractivity contribution in [1.29, 1.82) is 0 Å². The molecule has 3 atom stereocenters. The molecule has 174 valence electrons. The van der Waals surface area contributed by atoms with Crippen LogP contribution in [0.1, 0.15) is 52.6 Å². The highest BCUT2D eigenvalue weighted by Gasteiger charge is 2.36. The third-order valence-electron chi connectivity index (χ3n) is 5.17. The Balaban J connectivity index is 2.25. The molecule has 0 aliphatic rings. The standard InChI is InChI=1S/C26H35NO4S/c1-19(17-24(28)31-26(4,5)6)25(32(29,30)23-15-11-8-12-16-23)20(2)18-27-21(3)22-13-9-7-10-14-22/h7-16,19,21,25,27H,2,17-18H2,1,3-6H3/t19-,21+,25+/m1/s1. The van der Waals surface area contributed by atoms with Gasteiger partial charge in [-0.05, 0) is 56.9 Å². The van der Waals surface area contributed by atoms with Crippen molar-refractivity contribution < 1.29 is 17.9 Å². The van der Waals surface area contributed by atoms with E-state index in [9.17, 15) is 13.2 Å². The molecule has 0 aliphatic heterocycles. The number of hydrogen-bond acceptors (Lipinski definition) is 5. The van der Waals surface area contributed by atoms with Gasteiger partial charge in [0.25, 0.3) is 0 Å². The van der Waals surface area contributed by atoms with E-state index in [0.29, 0.717) is 12.1 Å². The van der Waals surface area contributed by atoms with Crippen LogP contribution in [0.3, 0.4) is 0 Å². The van der Waals surface area contributed by atoms with Crippen LogP contribution in [-0.4, -0.2) is 31.8 Å². The van der Waals surface area contributed by atoms with E-state index < -0.39 is 32.6 Å². The molecule has 0 heterocycles. The molecule has 0 spiro atoms. The molecule has 0 aliphatic carbocycles. The van der Waals surface area contributed by atoms with Crippen LogP contribution in [0.25, 0.3) is 0 Å². The topological polar surface area (TPSA) is 72.5 Å². The van der Waals surface area contributed by atoms with Gasteiger partial charge in [0.05, 0.1) is 10.1 Å². The zero-order chi connectivity index (χ0) is 23.9. The Hall–Kier alpha value is -2.44. The van der Waals surface area contributed by atoms with Crippen molar-refractivity contribution in [2.75, 3.05) is 6.54 Å². The fraction of sp³-hybridized carbons (Fsp3) is 0.423. The molecule has 0 unspecified atom stereocenters. The molecular weight excluding hydrogens is 422 g/mol. The monoisotopic (exact) mass is 457 g/mol. The van der Waals surface area contributed by atoms with Crippen LogP contribution in [0.4, 0.5) is 0 Å². The fourth-order valence-corrected chi connectivity index (χ4v) is 5.74. The van der Waals surface area contributed by atoms with Crippen LogP contribution in [0.2, 0.25) is 0 Å². The SMILES string of the molecule is C=C(CN[C@@H](C)c1ccccc1)[C@H]([C@H](C)CC(=O)OC(C)(C)C)S(=O)(=O)c1ccccc1. The van der Waals surface area contributed by atoms with Crippen LogP contribution < -0.4 is 5.32 Å². The molecule has 6 heteroatoms. The lowest BCUT2D eigenvalue weighted by Gasteiger charge is -2.28. The van der Waals surface area contributed by atoms with Gasteiger partial charge in [0.1, 0.15) is 5.60 Å². The van der Waals surface area contributed by atoms with E-state index in [-0.39, 0.29) is 17.4 Å². The van der Waals surface area contributed by atoms with Gasteiger partial charge in [-0.25, -0.2) is 8.42 Å². The summed E-state index contributed by atoms with van der Waals surface area (Å²) in [5.74, 6) is -0.923. The van der Waals surface area contributed by atoms with E-state index >= 15 is 0 Å². The molecule has 2 aromatic rings. The third kappa shape index (κ3) is 7.31. The number of hydrogen-bond donors (Lipinski definition) is 1. The zero-order valence-corrected chi connectivity index (χ0v) is 20.5. The molecular formula is C26H35NO4S. The molecule has 0 fully saturated rings. The van der Waals surface area contributed by atoms with Crippen LogP contribution >= 0.6 is 0 Å². The third-order valence-corrected chi connectivity index (χ3v) is 7.56. The Morgan fingerprint density at radius 1 is 1.00 bits per heavy atom. The molecule has 0 aromatic heterocycles. The Bertz CT molecular complexity index is 995. The van der Waals surface area contributed by atoms with Gasteiger partial charge in [0.15, 0.2) is 9.84 Å². The Morgan fingerprint density at radius 3 is 2.06 bits per heavy atom. The summed E-state index contributed by atoms with van der Waals surface area (Å²) < 4.78 is 32.5. The summed E-state index contributed by atoms with van der Waals surface area (Å²) in [6, 6.07) is 18.3. The second-order valence-corrected chi connectivity index (χ2v) is 11.3. The van der Waals surface area contributed by atoms with Gasteiger partial charge >= 0.3 is 5.97 Å². The first-order valence-electron chi connectivity index (χ1n) is 10.9. The summed E-state index contributed by atoms with van der Waals surface area (Å²) in [5, 5.41) is 2.45. The summed E-state index contributed by atoms with van der Waals surface area (Å²) in [7, 11) is -3.75. The lowest BCUT2D eigenvalue weighted by Crippen LogP contribution is -2.37. The second kappa shape index (κ2) is 10.9. The number of nitrogens with one attached hydrogen (secondary N) is 1. The number of esters is 1. The maximum absolute atomic E-state index is 13.6. The van der Waals surface area contributed by atoms with E-state index in [1.54, 1.807) is 58.0 Å². The van der Waals surface area contributed by atoms with Gasteiger partial charge < -0.3 is 10.1 Å². The van der Waals surface area contributed by atoms with E-state index in [0.717, 1.165) is 5.56 Å². The average Bonchev–Trinajstić information content (AvgIpc) is 2.71. The van der Waals surface area contributed by atoms with Crippen LogP contribution in [0, 0.1) is 5.92 Å². The molecule has 0 saturated heterocycles. The minimum atomic E-state index is -3.75. The Labute approximate surface area is 192 Å². The summed E-state index contributed by atoms with van der Waals surface area (Å²) in [5.41, 5.74) is 0.992. The molecule has 2 aromatic carbocycles. The van der Waals surface area contributed by atoms with Crippen molar-refractivity contribution in [3.8, 4) is 0 Å². The first-order valence-corrected chi connectivity index (χ1v) is 12.4. The van der Waals surface area contributed by atoms with E-state index in [1.165, 1.54) is 0 Å². The summed E-state index contributed by atoms with van der Waals surface area (Å²) in [4.78, 5) is 12.7. The quantitative estimate of drug-likeness (QED) is 0.397. The Kier molecular flexibility index (Phi) is 8.81. The van der Waals surface area contributed by atoms with Gasteiger partial charge in [-0.15, -0.1) is 0 Å². The van der Waals surface area contributed by atoms with Crippen molar-refractivity contribution in [3.63, 3.8) is 0 Å². The first-order chi connectivity index (χ1) is 14.9. The van der Waals surface area contributed by atoms with Crippen molar-refractivity contribution in [1.82, 2.24) is 5.32 Å². The number of carbonyl (C=O) groups is 1. The van der Waals surface area contributed by atoms with Gasteiger partial charge in [-0.1, -0.05) is 62.0 Å². The molecule has 0 bridgehead atoms. The molecule has 5 nitrogen and oxygen atoms in total. The summed E-state index contributed by atoms with van der Waals surface area (Å²) in [6.45, 7) is 13.6. The highest BCUT2D eigenvalue weighted by Crippen LogP contribution is 2.29. The number of carbonyl (C=O) groups excluding carboxylic acids is 1. The predicted octanol–water partition coefficient (Wildman–Crippen LogP) is 5.10. The van der Waals surface area contributed by atoms with Crippen LogP contribution in [0.5, 0.6) is 0 Å². The highest BCUT2D eigenvalue weighted by molar-refractivity contribution is 7.92. The lowest BCUT2D eigenvalue weighted by atomic mass is 9.97. The molecule has 0 saturated carbocycles. The van der Waals surface area contributed by atoms with Crippen molar-refractivity contribution >= 4 is 15.8 Å². The number of ether oxygens (including phenoxy) is 1. The number of rotatable bonds is 10. The van der Waals surface area contributed by atoms with Gasteiger partial charge in [0, 0.05) is 19.0 Å². The van der Waals surface area contributed by atoms with Gasteiger partial charge in [-0.3, -0.25) is 4.79 Å². The maximum atomic E-state index is 13.6. The highest BCUT2D eigenvalue weighted by atomic mass is 32.2. The molecule has 2 rings (SSSR count). The summed E-state index contributed by atoms with van der Waals surface area (Å²) >= 11 is 0. The zero-order valence-electron chi connectivity index (χ0n) is 19.7. The molecule has 32 heavy (non-hydrogen) atoms. The predicted molar refractivity (Wildman–Crippen MR) is 129 cm³/mol.